The van der Waals surface area contributed by atoms with Crippen LogP contribution in [0.25, 0.3) is 0 Å². The predicted molar refractivity (Wildman–Crippen MR) is 60.0 cm³/mol. The average molecular weight is 231 g/mol. The maximum atomic E-state index is 11.4. The Morgan fingerprint density at radius 2 is 1.69 bits per heavy atom. The number of nitrogens with one attached hydrogen (secondary N) is 1. The smallest absolute Gasteiger partial charge is 0.323 e. The van der Waals surface area contributed by atoms with E-state index >= 15 is 0 Å². The van der Waals surface area contributed by atoms with Crippen molar-refractivity contribution in [1.82, 2.24) is 5.32 Å². The molecular weight excluding hydrogens is 210 g/mol. The molecule has 0 aliphatic rings. The van der Waals surface area contributed by atoms with Gasteiger partial charge in [-0.25, -0.2) is 0 Å². The van der Waals surface area contributed by atoms with Gasteiger partial charge in [-0.3, -0.25) is 9.59 Å². The van der Waals surface area contributed by atoms with E-state index < -0.39 is 17.9 Å². The molecule has 0 radical (unpaired) electrons. The molecule has 94 valence electrons. The largest absolute Gasteiger partial charge is 0.481 e. The Kier molecular flexibility index (Phi) is 6.03. The highest BCUT2D eigenvalue weighted by Crippen LogP contribution is 2.09. The van der Waals surface area contributed by atoms with E-state index in [9.17, 15) is 9.59 Å². The van der Waals surface area contributed by atoms with Crippen LogP contribution in [0, 0.1) is 11.8 Å². The van der Waals surface area contributed by atoms with Crippen molar-refractivity contribution in [1.29, 1.82) is 0 Å². The summed E-state index contributed by atoms with van der Waals surface area (Å²) in [6, 6.07) is -0.759. The van der Waals surface area contributed by atoms with E-state index in [0.29, 0.717) is 0 Å². The lowest BCUT2D eigenvalue weighted by atomic mass is 9.99. The van der Waals surface area contributed by atoms with Crippen LogP contribution in [-0.4, -0.2) is 36.2 Å². The summed E-state index contributed by atoms with van der Waals surface area (Å²) in [7, 11) is 1.32. The maximum absolute atomic E-state index is 11.4. The van der Waals surface area contributed by atoms with Gasteiger partial charge in [-0.2, -0.15) is 0 Å². The number of carbonyl (C=O) groups is 2. The third kappa shape index (κ3) is 4.18. The lowest BCUT2D eigenvalue weighted by molar-refractivity contribution is -0.147. The third-order valence-corrected chi connectivity index (χ3v) is 2.70. The molecule has 5 nitrogen and oxygen atoms in total. The highest BCUT2D eigenvalue weighted by molar-refractivity contribution is 5.76. The van der Waals surface area contributed by atoms with Crippen LogP contribution in [0.2, 0.25) is 0 Å². The van der Waals surface area contributed by atoms with Gasteiger partial charge in [0, 0.05) is 6.04 Å². The van der Waals surface area contributed by atoms with Gasteiger partial charge in [-0.05, 0) is 12.8 Å². The van der Waals surface area contributed by atoms with E-state index in [1.165, 1.54) is 7.11 Å². The van der Waals surface area contributed by atoms with E-state index in [1.807, 2.05) is 13.8 Å². The zero-order valence-corrected chi connectivity index (χ0v) is 10.5. The lowest BCUT2D eigenvalue weighted by Crippen LogP contribution is -2.49. The maximum Gasteiger partial charge on any atom is 0.323 e. The van der Waals surface area contributed by atoms with Crippen LogP contribution in [0.3, 0.4) is 0 Å². The third-order valence-electron chi connectivity index (χ3n) is 2.70. The number of rotatable bonds is 6. The number of aliphatic carboxylic acids is 1. The number of hydrogen-bond donors (Lipinski definition) is 2. The number of ether oxygens (including phenoxy) is 1. The first-order valence-electron chi connectivity index (χ1n) is 5.37. The van der Waals surface area contributed by atoms with Gasteiger partial charge in [0.25, 0.3) is 0 Å². The molecule has 0 amide bonds. The fourth-order valence-corrected chi connectivity index (χ4v) is 1.30. The van der Waals surface area contributed by atoms with Crippen LogP contribution >= 0.6 is 0 Å². The second-order valence-corrected chi connectivity index (χ2v) is 4.33. The number of carbonyl (C=O) groups excluding carboxylic acids is 1. The first kappa shape index (κ1) is 14.9. The molecule has 3 unspecified atom stereocenters. The van der Waals surface area contributed by atoms with E-state index in [1.54, 1.807) is 13.8 Å². The zero-order chi connectivity index (χ0) is 12.9. The number of methoxy groups -OCH3 is 1. The van der Waals surface area contributed by atoms with Gasteiger partial charge < -0.3 is 15.2 Å². The van der Waals surface area contributed by atoms with Crippen molar-refractivity contribution in [2.75, 3.05) is 7.11 Å². The summed E-state index contributed by atoms with van der Waals surface area (Å²) in [5.41, 5.74) is 0. The molecule has 0 aliphatic carbocycles. The minimum atomic E-state index is -0.882. The van der Waals surface area contributed by atoms with Gasteiger partial charge in [-0.1, -0.05) is 20.8 Å². The summed E-state index contributed by atoms with van der Waals surface area (Å²) in [6.45, 7) is 7.12. The fourth-order valence-electron chi connectivity index (χ4n) is 1.30. The van der Waals surface area contributed by atoms with E-state index in [0.717, 1.165) is 0 Å². The SMILES string of the molecule is COC(=O)C(NC(C)C(C)C(=O)O)C(C)C. The Bertz CT molecular complexity index is 252. The number of carboxylic acids is 1. The zero-order valence-electron chi connectivity index (χ0n) is 10.5. The minimum Gasteiger partial charge on any atom is -0.481 e. The van der Waals surface area contributed by atoms with Crippen LogP contribution in [0.15, 0.2) is 0 Å². The summed E-state index contributed by atoms with van der Waals surface area (Å²) in [5.74, 6) is -1.74. The summed E-state index contributed by atoms with van der Waals surface area (Å²) in [4.78, 5) is 22.2. The van der Waals surface area contributed by atoms with Crippen LogP contribution in [0.4, 0.5) is 0 Å². The standard InChI is InChI=1S/C11H21NO4/c1-6(2)9(11(15)16-5)12-8(4)7(3)10(13)14/h6-9,12H,1-5H3,(H,13,14). The molecule has 0 fully saturated rings. The Morgan fingerprint density at radius 1 is 1.19 bits per heavy atom. The first-order valence-corrected chi connectivity index (χ1v) is 5.37. The van der Waals surface area contributed by atoms with Crippen molar-refractivity contribution in [3.63, 3.8) is 0 Å². The van der Waals surface area contributed by atoms with Crippen molar-refractivity contribution in [3.8, 4) is 0 Å². The van der Waals surface area contributed by atoms with Crippen molar-refractivity contribution in [3.05, 3.63) is 0 Å². The second kappa shape index (κ2) is 6.48. The summed E-state index contributed by atoms with van der Waals surface area (Å²) in [6.07, 6.45) is 0. The van der Waals surface area contributed by atoms with E-state index in [2.05, 4.69) is 10.1 Å². The molecule has 0 bridgehead atoms. The van der Waals surface area contributed by atoms with Crippen LogP contribution in [0.5, 0.6) is 0 Å². The molecule has 2 N–H and O–H groups in total. The van der Waals surface area contributed by atoms with Gasteiger partial charge in [0.2, 0.25) is 0 Å². The molecule has 3 atom stereocenters. The number of esters is 1. The molecule has 0 heterocycles. The van der Waals surface area contributed by atoms with Crippen molar-refractivity contribution in [2.24, 2.45) is 11.8 Å². The van der Waals surface area contributed by atoms with Gasteiger partial charge in [0.1, 0.15) is 6.04 Å². The molecule has 0 spiro atoms. The molecule has 0 aromatic carbocycles. The summed E-state index contributed by atoms with van der Waals surface area (Å²) < 4.78 is 4.67. The molecule has 0 aliphatic heterocycles. The molecular formula is C11H21NO4. The second-order valence-electron chi connectivity index (χ2n) is 4.33. The topological polar surface area (TPSA) is 75.6 Å². The first-order chi connectivity index (χ1) is 7.31. The van der Waals surface area contributed by atoms with Crippen LogP contribution in [-0.2, 0) is 14.3 Å². The Hall–Kier alpha value is -1.10. The Balaban J connectivity index is 4.52. The monoisotopic (exact) mass is 231 g/mol. The van der Waals surface area contributed by atoms with Crippen LogP contribution < -0.4 is 5.32 Å². The molecule has 0 saturated heterocycles. The Morgan fingerprint density at radius 3 is 2.00 bits per heavy atom. The van der Waals surface area contributed by atoms with Gasteiger partial charge in [0.15, 0.2) is 0 Å². The average Bonchev–Trinajstić information content (AvgIpc) is 2.22. The quantitative estimate of drug-likeness (QED) is 0.664. The molecule has 5 heteroatoms. The van der Waals surface area contributed by atoms with Crippen molar-refractivity contribution >= 4 is 11.9 Å². The van der Waals surface area contributed by atoms with E-state index in [4.69, 9.17) is 5.11 Å². The molecule has 16 heavy (non-hydrogen) atoms. The predicted octanol–water partition coefficient (Wildman–Crippen LogP) is 0.883. The van der Waals surface area contributed by atoms with Crippen molar-refractivity contribution < 1.29 is 19.4 Å². The molecule has 0 aromatic rings. The van der Waals surface area contributed by atoms with Gasteiger partial charge in [0.05, 0.1) is 13.0 Å². The summed E-state index contributed by atoms with van der Waals surface area (Å²) in [5, 5.41) is 11.8. The van der Waals surface area contributed by atoms with Gasteiger partial charge in [-0.15, -0.1) is 0 Å². The Labute approximate surface area is 96.2 Å². The normalized spacial score (nSPS) is 16.6. The van der Waals surface area contributed by atoms with Crippen LogP contribution in [0.1, 0.15) is 27.7 Å². The molecule has 0 saturated carbocycles. The minimum absolute atomic E-state index is 0.0518. The van der Waals surface area contributed by atoms with Crippen molar-refractivity contribution in [2.45, 2.75) is 39.8 Å². The highest BCUT2D eigenvalue weighted by atomic mass is 16.5. The number of carboxylic acid groups (broad SMARTS) is 1. The van der Waals surface area contributed by atoms with E-state index in [-0.39, 0.29) is 17.9 Å². The summed E-state index contributed by atoms with van der Waals surface area (Å²) >= 11 is 0. The molecule has 0 aromatic heterocycles. The molecule has 0 rings (SSSR count). The number of hydrogen-bond acceptors (Lipinski definition) is 4. The van der Waals surface area contributed by atoms with Gasteiger partial charge >= 0.3 is 11.9 Å². The highest BCUT2D eigenvalue weighted by Gasteiger charge is 2.28. The lowest BCUT2D eigenvalue weighted by Gasteiger charge is -2.26. The fraction of sp³-hybridized carbons (Fsp3) is 0.818.